The minimum Gasteiger partial charge on any atom is -0.326 e. The topological polar surface area (TPSA) is 95.6 Å². The molecule has 0 aromatic heterocycles. The summed E-state index contributed by atoms with van der Waals surface area (Å²) in [5, 5.41) is 5.56. The average molecular weight is 484 g/mol. The lowest BCUT2D eigenvalue weighted by Gasteiger charge is -2.21. The van der Waals surface area contributed by atoms with E-state index in [4.69, 9.17) is 23.2 Å². The predicted octanol–water partition coefficient (Wildman–Crippen LogP) is 4.77. The maximum Gasteiger partial charge on any atom is 0.255 e. The molecule has 0 saturated carbocycles. The quantitative estimate of drug-likeness (QED) is 0.639. The Morgan fingerprint density at radius 1 is 0.903 bits per heavy atom. The van der Waals surface area contributed by atoms with E-state index in [9.17, 15) is 18.0 Å². The van der Waals surface area contributed by atoms with Gasteiger partial charge in [-0.1, -0.05) is 36.0 Å². The van der Waals surface area contributed by atoms with E-state index in [-0.39, 0.29) is 26.4 Å². The Hall–Kier alpha value is -2.13. The maximum atomic E-state index is 13.1. The summed E-state index contributed by atoms with van der Waals surface area (Å²) < 4.78 is 27.7. The molecule has 1 aliphatic heterocycles. The van der Waals surface area contributed by atoms with E-state index in [1.165, 1.54) is 35.5 Å². The molecule has 1 saturated heterocycles. The molecule has 166 valence electrons. The lowest BCUT2D eigenvalue weighted by Crippen LogP contribution is -2.32. The van der Waals surface area contributed by atoms with Gasteiger partial charge in [-0.3, -0.25) is 9.59 Å². The zero-order valence-corrected chi connectivity index (χ0v) is 19.3. The molecule has 0 aliphatic carbocycles. The summed E-state index contributed by atoms with van der Waals surface area (Å²) in [7, 11) is -3.82. The Morgan fingerprint density at radius 2 is 1.58 bits per heavy atom. The number of sulfonamides is 1. The van der Waals surface area contributed by atoms with Crippen molar-refractivity contribution >= 4 is 56.4 Å². The van der Waals surface area contributed by atoms with E-state index >= 15 is 0 Å². The number of hydrogen-bond acceptors (Lipinski definition) is 4. The van der Waals surface area contributed by atoms with Gasteiger partial charge in [0.05, 0.1) is 15.7 Å². The van der Waals surface area contributed by atoms with Crippen molar-refractivity contribution < 1.29 is 18.0 Å². The summed E-state index contributed by atoms with van der Waals surface area (Å²) >= 11 is 12.4. The van der Waals surface area contributed by atoms with Crippen LogP contribution < -0.4 is 10.6 Å². The Balaban J connectivity index is 1.84. The number of nitrogens with zero attached hydrogens (tertiary/aromatic N) is 1. The number of benzene rings is 2. The van der Waals surface area contributed by atoms with Crippen molar-refractivity contribution in [3.05, 3.63) is 52.0 Å². The first-order valence-electron chi connectivity index (χ1n) is 9.86. The summed E-state index contributed by atoms with van der Waals surface area (Å²) in [6, 6.07) is 8.81. The lowest BCUT2D eigenvalue weighted by atomic mass is 10.2. The zero-order valence-electron chi connectivity index (χ0n) is 17.0. The van der Waals surface area contributed by atoms with Gasteiger partial charge in [0.2, 0.25) is 15.9 Å². The number of nitrogens with one attached hydrogen (secondary N) is 2. The molecule has 3 rings (SSSR count). The smallest absolute Gasteiger partial charge is 0.255 e. The fourth-order valence-electron chi connectivity index (χ4n) is 3.36. The highest BCUT2D eigenvalue weighted by atomic mass is 35.5. The molecule has 10 heteroatoms. The van der Waals surface area contributed by atoms with E-state index in [1.54, 1.807) is 12.1 Å². The third kappa shape index (κ3) is 5.77. The van der Waals surface area contributed by atoms with Gasteiger partial charge in [-0.25, -0.2) is 8.42 Å². The molecule has 0 atom stereocenters. The Bertz CT molecular complexity index is 1100. The highest BCUT2D eigenvalue weighted by Crippen LogP contribution is 2.29. The number of halogens is 2. The van der Waals surface area contributed by atoms with E-state index in [0.29, 0.717) is 24.5 Å². The molecule has 31 heavy (non-hydrogen) atoms. The molecule has 1 heterocycles. The second-order valence-electron chi connectivity index (χ2n) is 7.29. The SMILES string of the molecule is CC(=O)Nc1ccc(NC(=O)c2ccc(Cl)c(S(=O)(=O)N3CCCCCC3)c2)c(Cl)c1. The Morgan fingerprint density at radius 3 is 2.19 bits per heavy atom. The average Bonchev–Trinajstić information content (AvgIpc) is 3.00. The first kappa shape index (κ1) is 23.5. The van der Waals surface area contributed by atoms with Gasteiger partial charge in [0.25, 0.3) is 5.91 Å². The summed E-state index contributed by atoms with van der Waals surface area (Å²) in [5.41, 5.74) is 0.959. The number of carbonyl (C=O) groups excluding carboxylic acids is 2. The van der Waals surface area contributed by atoms with Gasteiger partial charge in [0.15, 0.2) is 0 Å². The molecule has 0 unspecified atom stereocenters. The molecule has 2 amide bonds. The molecule has 1 aliphatic rings. The van der Waals surface area contributed by atoms with E-state index in [1.807, 2.05) is 0 Å². The summed E-state index contributed by atoms with van der Waals surface area (Å²) in [5.74, 6) is -0.773. The zero-order chi connectivity index (χ0) is 22.6. The van der Waals surface area contributed by atoms with Crippen LogP contribution in [0.5, 0.6) is 0 Å². The molecule has 0 spiro atoms. The van der Waals surface area contributed by atoms with Gasteiger partial charge in [0.1, 0.15) is 4.90 Å². The van der Waals surface area contributed by atoms with Crippen molar-refractivity contribution in [2.45, 2.75) is 37.5 Å². The van der Waals surface area contributed by atoms with Crippen LogP contribution in [-0.2, 0) is 14.8 Å². The van der Waals surface area contributed by atoms with E-state index < -0.39 is 15.9 Å². The van der Waals surface area contributed by atoms with Gasteiger partial charge in [-0.2, -0.15) is 4.31 Å². The fraction of sp³-hybridized carbons (Fsp3) is 0.333. The summed E-state index contributed by atoms with van der Waals surface area (Å²) in [6.45, 7) is 2.25. The molecule has 2 aromatic rings. The molecular weight excluding hydrogens is 461 g/mol. The molecule has 2 N–H and O–H groups in total. The van der Waals surface area contributed by atoms with Crippen LogP contribution in [0.25, 0.3) is 0 Å². The van der Waals surface area contributed by atoms with Crippen molar-refractivity contribution in [2.24, 2.45) is 0 Å². The maximum absolute atomic E-state index is 13.1. The first-order valence-corrected chi connectivity index (χ1v) is 12.1. The van der Waals surface area contributed by atoms with E-state index in [2.05, 4.69) is 10.6 Å². The third-order valence-electron chi connectivity index (χ3n) is 4.91. The largest absolute Gasteiger partial charge is 0.326 e. The number of hydrogen-bond donors (Lipinski definition) is 2. The van der Waals surface area contributed by atoms with Crippen LogP contribution >= 0.6 is 23.2 Å². The Labute approximate surface area is 191 Å². The summed E-state index contributed by atoms with van der Waals surface area (Å²) in [4.78, 5) is 23.8. The fourth-order valence-corrected chi connectivity index (χ4v) is 5.60. The van der Waals surface area contributed by atoms with Gasteiger partial charge in [-0.05, 0) is 49.2 Å². The standard InChI is InChI=1S/C21H23Cl2N3O4S/c1-14(27)24-16-7-9-19(18(23)13-16)25-21(28)15-6-8-17(22)20(12-15)31(29,30)26-10-4-2-3-5-11-26/h6-9,12-13H,2-5,10-11H2,1H3,(H,24,27)(H,25,28). The van der Waals surface area contributed by atoms with Crippen molar-refractivity contribution in [3.8, 4) is 0 Å². The Kier molecular flexibility index (Phi) is 7.59. The molecule has 0 bridgehead atoms. The normalized spacial score (nSPS) is 15.2. The number of anilines is 2. The minimum absolute atomic E-state index is 0.0680. The van der Waals surface area contributed by atoms with Crippen LogP contribution in [0, 0.1) is 0 Å². The van der Waals surface area contributed by atoms with Crippen LogP contribution in [0.2, 0.25) is 10.0 Å². The van der Waals surface area contributed by atoms with Crippen molar-refractivity contribution in [1.82, 2.24) is 4.31 Å². The molecule has 2 aromatic carbocycles. The van der Waals surface area contributed by atoms with Gasteiger partial charge >= 0.3 is 0 Å². The number of amides is 2. The predicted molar refractivity (Wildman–Crippen MR) is 122 cm³/mol. The second kappa shape index (κ2) is 9.99. The van der Waals surface area contributed by atoms with Gasteiger partial charge in [0, 0.05) is 31.3 Å². The molecule has 1 fully saturated rings. The van der Waals surface area contributed by atoms with Crippen molar-refractivity contribution in [1.29, 1.82) is 0 Å². The van der Waals surface area contributed by atoms with Gasteiger partial charge in [-0.15, -0.1) is 0 Å². The first-order chi connectivity index (χ1) is 14.7. The van der Waals surface area contributed by atoms with Crippen LogP contribution in [0.3, 0.4) is 0 Å². The van der Waals surface area contributed by atoms with Crippen LogP contribution in [-0.4, -0.2) is 37.6 Å². The third-order valence-corrected chi connectivity index (χ3v) is 7.61. The monoisotopic (exact) mass is 483 g/mol. The van der Waals surface area contributed by atoms with Crippen LogP contribution in [0.1, 0.15) is 43.0 Å². The number of carbonyl (C=O) groups is 2. The van der Waals surface area contributed by atoms with Crippen LogP contribution in [0.4, 0.5) is 11.4 Å². The van der Waals surface area contributed by atoms with E-state index in [0.717, 1.165) is 25.7 Å². The molecule has 0 radical (unpaired) electrons. The van der Waals surface area contributed by atoms with Gasteiger partial charge < -0.3 is 10.6 Å². The highest BCUT2D eigenvalue weighted by Gasteiger charge is 2.28. The summed E-state index contributed by atoms with van der Waals surface area (Å²) in [6.07, 6.45) is 3.57. The van der Waals surface area contributed by atoms with Crippen LogP contribution in [0.15, 0.2) is 41.3 Å². The van der Waals surface area contributed by atoms with Crippen molar-refractivity contribution in [3.63, 3.8) is 0 Å². The lowest BCUT2D eigenvalue weighted by molar-refractivity contribution is -0.114. The molecule has 7 nitrogen and oxygen atoms in total. The van der Waals surface area contributed by atoms with Crippen molar-refractivity contribution in [2.75, 3.05) is 23.7 Å². The number of rotatable bonds is 5. The molecular formula is C21H23Cl2N3O4S. The minimum atomic E-state index is -3.82. The second-order valence-corrected chi connectivity index (χ2v) is 10.0. The highest BCUT2D eigenvalue weighted by molar-refractivity contribution is 7.89.